The molecule has 0 bridgehead atoms. The molecular weight excluding hydrogens is 666 g/mol. The zero-order valence-corrected chi connectivity index (χ0v) is 29.4. The van der Waals surface area contributed by atoms with Gasteiger partial charge >= 0.3 is 12.1 Å². The fraction of sp³-hybridized carbons (Fsp3) is 0.576. The summed E-state index contributed by atoms with van der Waals surface area (Å²) in [6.07, 6.45) is 7.11. The second-order valence-electron chi connectivity index (χ2n) is 13.5. The van der Waals surface area contributed by atoms with E-state index >= 15 is 0 Å². The fourth-order valence-electron chi connectivity index (χ4n) is 5.79. The maximum atomic E-state index is 14.1. The molecule has 1 saturated carbocycles. The zero-order chi connectivity index (χ0) is 36.1. The van der Waals surface area contributed by atoms with Crippen LogP contribution in [0.3, 0.4) is 0 Å². The first-order valence-corrected chi connectivity index (χ1v) is 17.7. The second-order valence-corrected chi connectivity index (χ2v) is 14.5. The molecule has 1 fully saturated rings. The van der Waals surface area contributed by atoms with Crippen LogP contribution in [0.4, 0.5) is 4.79 Å². The van der Waals surface area contributed by atoms with Crippen molar-refractivity contribution in [1.29, 1.82) is 0 Å². The number of aliphatic carboxylic acids is 1. The van der Waals surface area contributed by atoms with E-state index in [9.17, 15) is 29.4 Å². The van der Waals surface area contributed by atoms with Gasteiger partial charge in [-0.15, -0.1) is 5.10 Å². The Hall–Kier alpha value is -4.51. The normalized spacial score (nSPS) is 16.1. The number of aliphatic hydroxyl groups is 1. The van der Waals surface area contributed by atoms with E-state index in [0.29, 0.717) is 12.1 Å². The SMILES string of the molecule is CC(C)(C)OC(=O)N[C@@H](Cc1ccccc1)C(=O)N[C@@H](Cc1cnc[nH]1)C(=O)N[C@@H](CC1CCCCC1)[C@@H](O)CSc1nnnn1CC(=O)O. The highest BCUT2D eigenvalue weighted by Crippen LogP contribution is 2.29. The lowest BCUT2D eigenvalue weighted by Gasteiger charge is -2.31. The fourth-order valence-corrected chi connectivity index (χ4v) is 6.68. The summed E-state index contributed by atoms with van der Waals surface area (Å²) in [7, 11) is 0. The Kier molecular flexibility index (Phi) is 14.1. The first kappa shape index (κ1) is 38.3. The zero-order valence-electron chi connectivity index (χ0n) is 28.6. The molecule has 4 atom stereocenters. The molecule has 6 N–H and O–H groups in total. The van der Waals surface area contributed by atoms with Crippen molar-refractivity contribution in [2.45, 2.75) is 114 Å². The number of carboxylic acids is 1. The number of ether oxygens (including phenoxy) is 1. The average Bonchev–Trinajstić information content (AvgIpc) is 3.74. The minimum atomic E-state index is -1.11. The van der Waals surface area contributed by atoms with Crippen LogP contribution in [-0.2, 0) is 38.5 Å². The monoisotopic (exact) mass is 713 g/mol. The van der Waals surface area contributed by atoms with Crippen molar-refractivity contribution >= 4 is 35.6 Å². The summed E-state index contributed by atoms with van der Waals surface area (Å²) in [6, 6.07) is 6.31. The van der Waals surface area contributed by atoms with Crippen LogP contribution in [-0.4, -0.2) is 99.8 Å². The molecule has 1 aliphatic rings. The summed E-state index contributed by atoms with van der Waals surface area (Å²) >= 11 is 1.09. The number of imidazole rings is 1. The number of aliphatic hydroxyl groups excluding tert-OH is 1. The van der Waals surface area contributed by atoms with Crippen LogP contribution in [0.25, 0.3) is 0 Å². The lowest BCUT2D eigenvalue weighted by atomic mass is 9.83. The summed E-state index contributed by atoms with van der Waals surface area (Å²) in [5.74, 6) is -1.87. The van der Waals surface area contributed by atoms with Crippen LogP contribution in [0.15, 0.2) is 48.0 Å². The first-order valence-electron chi connectivity index (χ1n) is 16.8. The molecule has 0 radical (unpaired) electrons. The predicted molar refractivity (Wildman–Crippen MR) is 183 cm³/mol. The lowest BCUT2D eigenvalue weighted by molar-refractivity contribution is -0.138. The molecule has 0 unspecified atom stereocenters. The van der Waals surface area contributed by atoms with Gasteiger partial charge in [0.25, 0.3) is 0 Å². The van der Waals surface area contributed by atoms with Gasteiger partial charge in [0.2, 0.25) is 17.0 Å². The molecule has 17 heteroatoms. The molecule has 2 heterocycles. The molecule has 3 amide bonds. The van der Waals surface area contributed by atoms with Gasteiger partial charge in [0.15, 0.2) is 0 Å². The van der Waals surface area contributed by atoms with Crippen LogP contribution in [0.5, 0.6) is 0 Å². The number of aromatic nitrogens is 6. The number of nitrogens with zero attached hydrogens (tertiary/aromatic N) is 5. The Morgan fingerprint density at radius 1 is 1.02 bits per heavy atom. The van der Waals surface area contributed by atoms with Gasteiger partial charge in [-0.3, -0.25) is 14.4 Å². The van der Waals surface area contributed by atoms with Crippen LogP contribution < -0.4 is 16.0 Å². The quantitative estimate of drug-likeness (QED) is 0.111. The molecule has 272 valence electrons. The number of benzene rings is 1. The van der Waals surface area contributed by atoms with Gasteiger partial charge in [0.05, 0.1) is 18.5 Å². The third kappa shape index (κ3) is 12.7. The molecule has 0 saturated heterocycles. The van der Waals surface area contributed by atoms with Gasteiger partial charge in [-0.05, 0) is 49.1 Å². The van der Waals surface area contributed by atoms with E-state index in [0.717, 1.165) is 54.1 Å². The van der Waals surface area contributed by atoms with Crippen molar-refractivity contribution in [3.05, 3.63) is 54.1 Å². The number of tetrazole rings is 1. The first-order chi connectivity index (χ1) is 23.9. The molecule has 0 spiro atoms. The number of hydrogen-bond acceptors (Lipinski definition) is 11. The summed E-state index contributed by atoms with van der Waals surface area (Å²) in [4.78, 5) is 59.0. The Labute approximate surface area is 294 Å². The van der Waals surface area contributed by atoms with E-state index in [1.807, 2.05) is 30.3 Å². The Morgan fingerprint density at radius 2 is 1.72 bits per heavy atom. The molecular formula is C33H47N9O7S. The number of rotatable bonds is 17. The average molecular weight is 714 g/mol. The Bertz CT molecular complexity index is 1530. The molecule has 1 aromatic carbocycles. The molecule has 16 nitrogen and oxygen atoms in total. The highest BCUT2D eigenvalue weighted by molar-refractivity contribution is 7.99. The minimum absolute atomic E-state index is 0.0625. The number of aromatic amines is 1. The van der Waals surface area contributed by atoms with Crippen molar-refractivity contribution in [2.24, 2.45) is 5.92 Å². The van der Waals surface area contributed by atoms with E-state index in [4.69, 9.17) is 4.74 Å². The van der Waals surface area contributed by atoms with E-state index < -0.39 is 60.3 Å². The summed E-state index contributed by atoms with van der Waals surface area (Å²) in [5, 5.41) is 40.4. The maximum absolute atomic E-state index is 14.1. The van der Waals surface area contributed by atoms with Gasteiger partial charge in [0, 0.05) is 30.5 Å². The van der Waals surface area contributed by atoms with Crippen LogP contribution in [0.2, 0.25) is 0 Å². The van der Waals surface area contributed by atoms with E-state index in [1.165, 1.54) is 6.33 Å². The summed E-state index contributed by atoms with van der Waals surface area (Å²) in [5.41, 5.74) is 0.590. The largest absolute Gasteiger partial charge is 0.480 e. The number of alkyl carbamates (subject to hydrolysis) is 1. The molecule has 2 aromatic heterocycles. The van der Waals surface area contributed by atoms with Gasteiger partial charge in [0.1, 0.15) is 24.2 Å². The van der Waals surface area contributed by atoms with Crippen LogP contribution in [0, 0.1) is 5.92 Å². The lowest BCUT2D eigenvalue weighted by Crippen LogP contribution is -2.58. The van der Waals surface area contributed by atoms with Crippen molar-refractivity contribution in [2.75, 3.05) is 5.75 Å². The standard InChI is InChI=1S/C33H47N9O7S/c1-33(2,3)49-32(48)38-25(15-22-12-8-5-9-13-22)29(46)37-26(16-23-17-34-20-35-23)30(47)36-24(14-21-10-6-4-7-11-21)27(43)19-50-31-39-40-41-42(31)18-28(44)45/h5,8-9,12-13,17,20-21,24-27,43H,4,6-7,10-11,14-16,18-19H2,1-3H3,(H,34,35)(H,36,47)(H,37,46)(H,38,48)(H,44,45)/t24-,25-,26-,27-/m0/s1. The number of thioether (sulfide) groups is 1. The number of carbonyl (C=O) groups excluding carboxylic acids is 3. The highest BCUT2D eigenvalue weighted by Gasteiger charge is 2.33. The van der Waals surface area contributed by atoms with E-state index in [1.54, 1.807) is 27.0 Å². The van der Waals surface area contributed by atoms with Gasteiger partial charge < -0.3 is 35.9 Å². The molecule has 4 rings (SSSR count). The minimum Gasteiger partial charge on any atom is -0.480 e. The van der Waals surface area contributed by atoms with E-state index in [-0.39, 0.29) is 29.7 Å². The number of carbonyl (C=O) groups is 4. The third-order valence-electron chi connectivity index (χ3n) is 8.17. The Balaban J connectivity index is 1.53. The molecule has 3 aromatic rings. The second kappa shape index (κ2) is 18.5. The number of H-pyrrole nitrogens is 1. The highest BCUT2D eigenvalue weighted by atomic mass is 32.2. The van der Waals surface area contributed by atoms with Crippen molar-refractivity contribution in [1.82, 2.24) is 46.1 Å². The molecule has 1 aliphatic carbocycles. The number of hydrogen-bond donors (Lipinski definition) is 6. The maximum Gasteiger partial charge on any atom is 0.408 e. The predicted octanol–water partition coefficient (Wildman–Crippen LogP) is 2.25. The summed E-state index contributed by atoms with van der Waals surface area (Å²) < 4.78 is 6.55. The topological polar surface area (TPSA) is 226 Å². The van der Waals surface area contributed by atoms with Crippen LogP contribution >= 0.6 is 11.8 Å². The van der Waals surface area contributed by atoms with E-state index in [2.05, 4.69) is 41.4 Å². The Morgan fingerprint density at radius 3 is 2.38 bits per heavy atom. The smallest absolute Gasteiger partial charge is 0.408 e. The van der Waals surface area contributed by atoms with Crippen molar-refractivity contribution < 1.29 is 34.1 Å². The third-order valence-corrected chi connectivity index (χ3v) is 9.23. The molecule has 0 aliphatic heterocycles. The summed E-state index contributed by atoms with van der Waals surface area (Å²) in [6.45, 7) is 4.73. The van der Waals surface area contributed by atoms with Gasteiger partial charge in [-0.1, -0.05) is 74.2 Å². The van der Waals surface area contributed by atoms with Gasteiger partial charge in [-0.25, -0.2) is 14.5 Å². The number of amides is 3. The molecule has 50 heavy (non-hydrogen) atoms. The number of nitrogens with one attached hydrogen (secondary N) is 4. The van der Waals surface area contributed by atoms with Crippen molar-refractivity contribution in [3.63, 3.8) is 0 Å². The number of carboxylic acid groups (broad SMARTS) is 1. The van der Waals surface area contributed by atoms with Crippen molar-refractivity contribution in [3.8, 4) is 0 Å². The van der Waals surface area contributed by atoms with Gasteiger partial charge in [-0.2, -0.15) is 0 Å². The van der Waals surface area contributed by atoms with Crippen LogP contribution in [0.1, 0.15) is 70.6 Å².